The van der Waals surface area contributed by atoms with Crippen LogP contribution in [-0.4, -0.2) is 11.0 Å². The smallest absolute Gasteiger partial charge is 0.416 e. The van der Waals surface area contributed by atoms with E-state index in [1.165, 1.54) is 17.5 Å². The molecule has 0 bridgehead atoms. The molecule has 0 radical (unpaired) electrons. The van der Waals surface area contributed by atoms with Gasteiger partial charge in [-0.05, 0) is 24.3 Å². The van der Waals surface area contributed by atoms with Crippen molar-refractivity contribution in [3.8, 4) is 5.75 Å². The predicted molar refractivity (Wildman–Crippen MR) is 69.2 cm³/mol. The first-order valence-electron chi connectivity index (χ1n) is 5.33. The quantitative estimate of drug-likeness (QED) is 0.814. The number of halogens is 3. The largest absolute Gasteiger partial charge is 0.506 e. The first kappa shape index (κ1) is 14.2. The van der Waals surface area contributed by atoms with E-state index in [9.17, 15) is 23.1 Å². The molecule has 2 aromatic rings. The Morgan fingerprint density at radius 1 is 1.25 bits per heavy atom. The van der Waals surface area contributed by atoms with E-state index in [2.05, 4.69) is 5.32 Å². The molecule has 0 unspecified atom stereocenters. The zero-order valence-electron chi connectivity index (χ0n) is 9.86. The molecular weight excluding hydrogens is 293 g/mol. The second-order valence-electron chi connectivity index (χ2n) is 3.89. The summed E-state index contributed by atoms with van der Waals surface area (Å²) >= 11 is 1.02. The average molecular weight is 302 g/mol. The third kappa shape index (κ3) is 2.85. The second kappa shape index (κ2) is 5.04. The summed E-state index contributed by atoms with van der Waals surface area (Å²) in [6.07, 6.45) is -4.40. The van der Waals surface area contributed by atoms with Crippen LogP contribution in [-0.2, 0) is 6.18 Å². The molecule has 20 heavy (non-hydrogen) atoms. The Morgan fingerprint density at radius 2 is 1.85 bits per heavy atom. The van der Waals surface area contributed by atoms with Gasteiger partial charge in [0.05, 0.1) is 5.56 Å². The number of thiophene rings is 1. The molecule has 106 valence electrons. The zero-order valence-corrected chi connectivity index (χ0v) is 10.7. The maximum Gasteiger partial charge on any atom is 0.416 e. The minimum atomic E-state index is -4.40. The second-order valence-corrected chi connectivity index (χ2v) is 4.77. The van der Waals surface area contributed by atoms with Crippen molar-refractivity contribution >= 4 is 27.9 Å². The maximum atomic E-state index is 12.4. The molecule has 8 heteroatoms. The van der Waals surface area contributed by atoms with E-state index < -0.39 is 17.6 Å². The van der Waals surface area contributed by atoms with Crippen molar-refractivity contribution < 1.29 is 23.1 Å². The van der Waals surface area contributed by atoms with E-state index in [1.54, 1.807) is 0 Å². The van der Waals surface area contributed by atoms with Crippen molar-refractivity contribution in [1.29, 1.82) is 0 Å². The van der Waals surface area contributed by atoms with E-state index in [4.69, 9.17) is 5.73 Å². The van der Waals surface area contributed by atoms with Gasteiger partial charge in [-0.1, -0.05) is 0 Å². The average Bonchev–Trinajstić information content (AvgIpc) is 2.70. The van der Waals surface area contributed by atoms with Crippen LogP contribution in [0.1, 0.15) is 15.9 Å². The van der Waals surface area contributed by atoms with Crippen molar-refractivity contribution in [2.75, 3.05) is 5.32 Å². The lowest BCUT2D eigenvalue weighted by atomic mass is 10.2. The van der Waals surface area contributed by atoms with Crippen LogP contribution in [0, 0.1) is 0 Å². The Balaban J connectivity index is 2.25. The van der Waals surface area contributed by atoms with Crippen LogP contribution < -0.4 is 11.1 Å². The van der Waals surface area contributed by atoms with Crippen LogP contribution in [0.3, 0.4) is 0 Å². The van der Waals surface area contributed by atoms with Gasteiger partial charge in [0.1, 0.15) is 16.3 Å². The first-order valence-corrected chi connectivity index (χ1v) is 6.21. The number of amides is 1. The molecule has 2 rings (SSSR count). The van der Waals surface area contributed by atoms with Crippen molar-refractivity contribution in [2.45, 2.75) is 6.18 Å². The van der Waals surface area contributed by atoms with Crippen LogP contribution in [0.5, 0.6) is 5.75 Å². The van der Waals surface area contributed by atoms with Crippen molar-refractivity contribution in [3.05, 3.63) is 40.8 Å². The van der Waals surface area contributed by atoms with Crippen molar-refractivity contribution in [2.24, 2.45) is 5.73 Å². The number of nitrogens with two attached hydrogens (primary N) is 1. The topological polar surface area (TPSA) is 75.4 Å². The summed E-state index contributed by atoms with van der Waals surface area (Å²) in [6.45, 7) is 0. The maximum absolute atomic E-state index is 12.4. The van der Waals surface area contributed by atoms with Gasteiger partial charge >= 0.3 is 6.18 Å². The standard InChI is InChI=1S/C12H9F3N2O2S/c13-12(14,15)6-1-3-7(4-2-6)17-11-9(10(16)19)8(18)5-20-11/h1-5,17-18H,(H2,16,19). The lowest BCUT2D eigenvalue weighted by Gasteiger charge is -2.09. The van der Waals surface area contributed by atoms with Crippen LogP contribution in [0.2, 0.25) is 0 Å². The Kier molecular flexibility index (Phi) is 3.58. The minimum absolute atomic E-state index is 0.0881. The van der Waals surface area contributed by atoms with Gasteiger partial charge in [-0.2, -0.15) is 13.2 Å². The number of hydrogen-bond donors (Lipinski definition) is 3. The summed E-state index contributed by atoms with van der Waals surface area (Å²) in [5, 5.41) is 13.8. The van der Waals surface area contributed by atoms with E-state index in [0.29, 0.717) is 5.69 Å². The third-order valence-electron chi connectivity index (χ3n) is 2.49. The molecular formula is C12H9F3N2O2S. The number of benzene rings is 1. The number of primary amides is 1. The summed E-state index contributed by atoms with van der Waals surface area (Å²) in [5.74, 6) is -1.09. The highest BCUT2D eigenvalue weighted by atomic mass is 32.1. The lowest BCUT2D eigenvalue weighted by molar-refractivity contribution is -0.137. The number of hydrogen-bond acceptors (Lipinski definition) is 4. The molecule has 1 amide bonds. The van der Waals surface area contributed by atoms with Crippen molar-refractivity contribution in [3.63, 3.8) is 0 Å². The first-order chi connectivity index (χ1) is 9.29. The summed E-state index contributed by atoms with van der Waals surface area (Å²) in [6, 6.07) is 4.29. The molecule has 1 aromatic heterocycles. The van der Waals surface area contributed by atoms with Crippen LogP contribution in [0.4, 0.5) is 23.9 Å². The fourth-order valence-corrected chi connectivity index (χ4v) is 2.40. The number of alkyl halides is 3. The summed E-state index contributed by atoms with van der Waals surface area (Å²) < 4.78 is 37.2. The van der Waals surface area contributed by atoms with E-state index in [0.717, 1.165) is 23.5 Å². The Labute approximate surface area is 115 Å². The monoisotopic (exact) mass is 302 g/mol. The van der Waals surface area contributed by atoms with Gasteiger partial charge in [-0.25, -0.2) is 0 Å². The van der Waals surface area contributed by atoms with E-state index in [1.807, 2.05) is 0 Å². The molecule has 0 saturated carbocycles. The molecule has 0 saturated heterocycles. The third-order valence-corrected chi connectivity index (χ3v) is 3.37. The Hall–Kier alpha value is -2.22. The number of rotatable bonds is 3. The number of anilines is 2. The van der Waals surface area contributed by atoms with Crippen LogP contribution in [0.25, 0.3) is 0 Å². The molecule has 0 aliphatic rings. The van der Waals surface area contributed by atoms with Crippen molar-refractivity contribution in [1.82, 2.24) is 0 Å². The predicted octanol–water partition coefficient (Wildman–Crippen LogP) is 3.32. The number of carbonyl (C=O) groups is 1. The number of aromatic hydroxyl groups is 1. The lowest BCUT2D eigenvalue weighted by Crippen LogP contribution is -2.11. The molecule has 0 fully saturated rings. The normalized spacial score (nSPS) is 11.3. The molecule has 4 N–H and O–H groups in total. The fourth-order valence-electron chi connectivity index (χ4n) is 1.55. The fraction of sp³-hybridized carbons (Fsp3) is 0.0833. The molecule has 0 aliphatic carbocycles. The summed E-state index contributed by atoms with van der Waals surface area (Å²) in [7, 11) is 0. The van der Waals surface area contributed by atoms with Gasteiger partial charge in [-0.15, -0.1) is 11.3 Å². The Bertz CT molecular complexity index is 635. The van der Waals surface area contributed by atoms with Gasteiger partial charge in [0.2, 0.25) is 0 Å². The zero-order chi connectivity index (χ0) is 14.9. The number of nitrogens with one attached hydrogen (secondary N) is 1. The van der Waals surface area contributed by atoms with Gasteiger partial charge in [-0.3, -0.25) is 4.79 Å². The molecule has 1 aromatic carbocycles. The minimum Gasteiger partial charge on any atom is -0.506 e. The van der Waals surface area contributed by atoms with E-state index >= 15 is 0 Å². The highest BCUT2D eigenvalue weighted by Gasteiger charge is 2.30. The van der Waals surface area contributed by atoms with Gasteiger partial charge in [0.15, 0.2) is 0 Å². The van der Waals surface area contributed by atoms with Gasteiger partial charge in [0, 0.05) is 11.1 Å². The van der Waals surface area contributed by atoms with Gasteiger partial charge in [0.25, 0.3) is 5.91 Å². The molecule has 0 aliphatic heterocycles. The highest BCUT2D eigenvalue weighted by molar-refractivity contribution is 7.15. The van der Waals surface area contributed by atoms with Crippen LogP contribution >= 0.6 is 11.3 Å². The molecule has 1 heterocycles. The van der Waals surface area contributed by atoms with Gasteiger partial charge < -0.3 is 16.2 Å². The SMILES string of the molecule is NC(=O)c1c(O)csc1Nc1ccc(C(F)(F)F)cc1. The number of carbonyl (C=O) groups excluding carboxylic acids is 1. The molecule has 0 spiro atoms. The Morgan fingerprint density at radius 3 is 2.35 bits per heavy atom. The molecule has 4 nitrogen and oxygen atoms in total. The summed E-state index contributed by atoms with van der Waals surface area (Å²) in [4.78, 5) is 11.2. The summed E-state index contributed by atoms with van der Waals surface area (Å²) in [5.41, 5.74) is 4.60. The highest BCUT2D eigenvalue weighted by Crippen LogP contribution is 2.35. The molecule has 0 atom stereocenters. The van der Waals surface area contributed by atoms with Crippen LogP contribution in [0.15, 0.2) is 29.6 Å². The van der Waals surface area contributed by atoms with E-state index in [-0.39, 0.29) is 16.3 Å².